The molecule has 2 atom stereocenters. The van der Waals surface area contributed by atoms with Crippen molar-refractivity contribution in [3.8, 4) is 0 Å². The van der Waals surface area contributed by atoms with E-state index in [-0.39, 0.29) is 5.92 Å². The number of aliphatic hydroxyl groups is 1. The van der Waals surface area contributed by atoms with E-state index < -0.39 is 17.2 Å². The van der Waals surface area contributed by atoms with Crippen molar-refractivity contribution in [1.82, 2.24) is 5.32 Å². The predicted octanol–water partition coefficient (Wildman–Crippen LogP) is 1.87. The van der Waals surface area contributed by atoms with Gasteiger partial charge in [0.25, 0.3) is 0 Å². The van der Waals surface area contributed by atoms with Crippen LogP contribution in [0.5, 0.6) is 0 Å². The van der Waals surface area contributed by atoms with Gasteiger partial charge in [0.2, 0.25) is 0 Å². The van der Waals surface area contributed by atoms with Crippen LogP contribution in [0.25, 0.3) is 0 Å². The smallest absolute Gasteiger partial charge is 0.159 e. The largest absolute Gasteiger partial charge is 0.389 e. The second-order valence-corrected chi connectivity index (χ2v) is 4.88. The van der Waals surface area contributed by atoms with Gasteiger partial charge in [-0.3, -0.25) is 0 Å². The molecule has 0 spiro atoms. The molecule has 1 aromatic carbocycles. The summed E-state index contributed by atoms with van der Waals surface area (Å²) in [5, 5.41) is 13.7. The minimum atomic E-state index is -0.854. The van der Waals surface area contributed by atoms with Gasteiger partial charge in [-0.2, -0.15) is 0 Å². The summed E-state index contributed by atoms with van der Waals surface area (Å²) >= 11 is 0. The summed E-state index contributed by atoms with van der Waals surface area (Å²) in [7, 11) is 0. The standard InChI is InChI=1S/C13H17F2NO/c1-9-8-16-5-4-13(9,17)7-10-2-3-11(14)12(15)6-10/h2-3,6,9,16-17H,4-5,7-8H2,1H3. The Morgan fingerprint density at radius 1 is 1.41 bits per heavy atom. The zero-order valence-corrected chi connectivity index (χ0v) is 9.84. The van der Waals surface area contributed by atoms with E-state index in [2.05, 4.69) is 5.32 Å². The van der Waals surface area contributed by atoms with Gasteiger partial charge in [0.1, 0.15) is 0 Å². The SMILES string of the molecule is CC1CNCCC1(O)Cc1ccc(F)c(F)c1. The van der Waals surface area contributed by atoms with Gasteiger partial charge in [-0.15, -0.1) is 0 Å². The summed E-state index contributed by atoms with van der Waals surface area (Å²) in [4.78, 5) is 0. The lowest BCUT2D eigenvalue weighted by Gasteiger charge is -2.38. The Morgan fingerprint density at radius 3 is 2.82 bits per heavy atom. The Labute approximate surface area is 99.7 Å². The fraction of sp³-hybridized carbons (Fsp3) is 0.538. The Bertz CT molecular complexity index is 410. The van der Waals surface area contributed by atoms with Gasteiger partial charge in [-0.25, -0.2) is 8.78 Å². The normalized spacial score (nSPS) is 29.3. The van der Waals surface area contributed by atoms with Crippen LogP contribution in [0.1, 0.15) is 18.9 Å². The molecule has 2 nitrogen and oxygen atoms in total. The highest BCUT2D eigenvalue weighted by Crippen LogP contribution is 2.28. The van der Waals surface area contributed by atoms with Crippen molar-refractivity contribution in [2.45, 2.75) is 25.4 Å². The van der Waals surface area contributed by atoms with E-state index in [1.165, 1.54) is 12.1 Å². The highest BCUT2D eigenvalue weighted by molar-refractivity contribution is 5.20. The first-order valence-electron chi connectivity index (χ1n) is 5.88. The second-order valence-electron chi connectivity index (χ2n) is 4.88. The van der Waals surface area contributed by atoms with E-state index >= 15 is 0 Å². The zero-order valence-electron chi connectivity index (χ0n) is 9.84. The van der Waals surface area contributed by atoms with Crippen molar-refractivity contribution < 1.29 is 13.9 Å². The monoisotopic (exact) mass is 241 g/mol. The average molecular weight is 241 g/mol. The lowest BCUT2D eigenvalue weighted by molar-refractivity contribution is -0.0330. The Morgan fingerprint density at radius 2 is 2.18 bits per heavy atom. The molecule has 1 saturated heterocycles. The van der Waals surface area contributed by atoms with Gasteiger partial charge < -0.3 is 10.4 Å². The molecular formula is C13H17F2NO. The highest BCUT2D eigenvalue weighted by Gasteiger charge is 2.36. The number of piperidine rings is 1. The molecule has 17 heavy (non-hydrogen) atoms. The van der Waals surface area contributed by atoms with Crippen LogP contribution in [0.3, 0.4) is 0 Å². The number of halogens is 2. The summed E-state index contributed by atoms with van der Waals surface area (Å²) in [5.41, 5.74) is -0.185. The molecule has 2 unspecified atom stereocenters. The summed E-state index contributed by atoms with van der Waals surface area (Å²) in [6.07, 6.45) is 1.00. The molecule has 1 fully saturated rings. The molecule has 0 saturated carbocycles. The minimum Gasteiger partial charge on any atom is -0.389 e. The fourth-order valence-electron chi connectivity index (χ4n) is 2.33. The Kier molecular flexibility index (Phi) is 3.45. The van der Waals surface area contributed by atoms with E-state index in [9.17, 15) is 13.9 Å². The molecule has 94 valence electrons. The maximum atomic E-state index is 13.1. The lowest BCUT2D eigenvalue weighted by atomic mass is 9.78. The number of benzene rings is 1. The highest BCUT2D eigenvalue weighted by atomic mass is 19.2. The first-order chi connectivity index (χ1) is 8.01. The van der Waals surface area contributed by atoms with Crippen LogP contribution in [0, 0.1) is 17.6 Å². The van der Waals surface area contributed by atoms with Crippen molar-refractivity contribution in [1.29, 1.82) is 0 Å². The van der Waals surface area contributed by atoms with E-state index in [1.54, 1.807) is 0 Å². The summed E-state index contributed by atoms with van der Waals surface area (Å²) in [6.45, 7) is 3.47. The molecule has 1 aliphatic heterocycles. The van der Waals surface area contributed by atoms with Crippen LogP contribution in [0.4, 0.5) is 8.78 Å². The summed E-state index contributed by atoms with van der Waals surface area (Å²) in [5.74, 6) is -1.60. The third-order valence-electron chi connectivity index (χ3n) is 3.60. The van der Waals surface area contributed by atoms with E-state index in [1.807, 2.05) is 6.92 Å². The van der Waals surface area contributed by atoms with Crippen molar-refractivity contribution in [2.75, 3.05) is 13.1 Å². The fourth-order valence-corrected chi connectivity index (χ4v) is 2.33. The third kappa shape index (κ3) is 2.64. The second kappa shape index (κ2) is 4.70. The lowest BCUT2D eigenvalue weighted by Crippen LogP contribution is -2.50. The van der Waals surface area contributed by atoms with Gasteiger partial charge >= 0.3 is 0 Å². The number of rotatable bonds is 2. The molecule has 0 bridgehead atoms. The zero-order chi connectivity index (χ0) is 12.5. The van der Waals surface area contributed by atoms with Crippen LogP contribution >= 0.6 is 0 Å². The molecule has 4 heteroatoms. The summed E-state index contributed by atoms with van der Waals surface area (Å²) in [6, 6.07) is 3.81. The molecule has 0 aliphatic carbocycles. The third-order valence-corrected chi connectivity index (χ3v) is 3.60. The van der Waals surface area contributed by atoms with Crippen molar-refractivity contribution in [2.24, 2.45) is 5.92 Å². The van der Waals surface area contributed by atoms with Gasteiger partial charge in [0, 0.05) is 13.0 Å². The molecule has 1 aliphatic rings. The number of nitrogens with one attached hydrogen (secondary N) is 1. The van der Waals surface area contributed by atoms with Crippen LogP contribution in [0.2, 0.25) is 0 Å². The molecule has 2 rings (SSSR count). The molecule has 2 N–H and O–H groups in total. The molecule has 1 aromatic rings. The van der Waals surface area contributed by atoms with Crippen LogP contribution in [-0.2, 0) is 6.42 Å². The predicted molar refractivity (Wildman–Crippen MR) is 61.7 cm³/mol. The van der Waals surface area contributed by atoms with E-state index in [4.69, 9.17) is 0 Å². The first-order valence-corrected chi connectivity index (χ1v) is 5.88. The molecule has 0 amide bonds. The first kappa shape index (κ1) is 12.5. The molecule has 1 heterocycles. The van der Waals surface area contributed by atoms with Crippen LogP contribution in [-0.4, -0.2) is 23.8 Å². The van der Waals surface area contributed by atoms with Crippen molar-refractivity contribution >= 4 is 0 Å². The van der Waals surface area contributed by atoms with Crippen molar-refractivity contribution in [3.63, 3.8) is 0 Å². The van der Waals surface area contributed by atoms with Gasteiger partial charge in [0.15, 0.2) is 11.6 Å². The summed E-state index contributed by atoms with van der Waals surface area (Å²) < 4.78 is 25.9. The molecule has 0 aromatic heterocycles. The molecular weight excluding hydrogens is 224 g/mol. The number of hydrogen-bond donors (Lipinski definition) is 2. The van der Waals surface area contributed by atoms with Gasteiger partial charge in [0.05, 0.1) is 5.60 Å². The Hall–Kier alpha value is -1.00. The Balaban J connectivity index is 2.16. The van der Waals surface area contributed by atoms with E-state index in [0.717, 1.165) is 19.2 Å². The average Bonchev–Trinajstić information content (AvgIpc) is 2.28. The topological polar surface area (TPSA) is 32.3 Å². The maximum absolute atomic E-state index is 13.1. The number of hydrogen-bond acceptors (Lipinski definition) is 2. The van der Waals surface area contributed by atoms with Crippen LogP contribution < -0.4 is 5.32 Å². The van der Waals surface area contributed by atoms with Gasteiger partial charge in [-0.05, 0) is 36.6 Å². The van der Waals surface area contributed by atoms with Gasteiger partial charge in [-0.1, -0.05) is 13.0 Å². The van der Waals surface area contributed by atoms with Crippen molar-refractivity contribution in [3.05, 3.63) is 35.4 Å². The maximum Gasteiger partial charge on any atom is 0.159 e. The quantitative estimate of drug-likeness (QED) is 0.828. The minimum absolute atomic E-state index is 0.101. The van der Waals surface area contributed by atoms with E-state index in [0.29, 0.717) is 18.4 Å². The molecule has 0 radical (unpaired) electrons. The van der Waals surface area contributed by atoms with Crippen LogP contribution in [0.15, 0.2) is 18.2 Å².